The molecule has 19 heavy (non-hydrogen) atoms. The molecule has 0 aliphatic heterocycles. The third kappa shape index (κ3) is 3.27. The van der Waals surface area contributed by atoms with Crippen molar-refractivity contribution in [3.05, 3.63) is 28.2 Å². The van der Waals surface area contributed by atoms with Gasteiger partial charge in [-0.1, -0.05) is 0 Å². The molecule has 1 aromatic heterocycles. The van der Waals surface area contributed by atoms with Crippen LogP contribution in [0.3, 0.4) is 0 Å². The van der Waals surface area contributed by atoms with Crippen molar-refractivity contribution in [2.75, 3.05) is 20.6 Å². The SMILES string of the molecule is CN(C)CCCn1c(CCl)nc2cc(Br)c(F)cc21. The summed E-state index contributed by atoms with van der Waals surface area (Å²) in [6.45, 7) is 1.76. The van der Waals surface area contributed by atoms with Crippen LogP contribution in [0.4, 0.5) is 4.39 Å². The minimum Gasteiger partial charge on any atom is -0.327 e. The summed E-state index contributed by atoms with van der Waals surface area (Å²) < 4.78 is 16.1. The Kier molecular flexibility index (Phi) is 4.81. The van der Waals surface area contributed by atoms with Crippen LogP contribution >= 0.6 is 27.5 Å². The molecule has 3 nitrogen and oxygen atoms in total. The minimum atomic E-state index is -0.276. The van der Waals surface area contributed by atoms with Gasteiger partial charge in [-0.15, -0.1) is 11.6 Å². The van der Waals surface area contributed by atoms with Gasteiger partial charge in [0.05, 0.1) is 21.4 Å². The van der Waals surface area contributed by atoms with Gasteiger partial charge in [-0.3, -0.25) is 0 Å². The molecule has 0 unspecified atom stereocenters. The number of hydrogen-bond acceptors (Lipinski definition) is 2. The summed E-state index contributed by atoms with van der Waals surface area (Å²) in [4.78, 5) is 6.57. The number of rotatable bonds is 5. The fraction of sp³-hybridized carbons (Fsp3) is 0.462. The second-order valence-corrected chi connectivity index (χ2v) is 5.85. The third-order valence-electron chi connectivity index (χ3n) is 2.98. The normalized spacial score (nSPS) is 11.7. The summed E-state index contributed by atoms with van der Waals surface area (Å²) in [5.41, 5.74) is 1.57. The van der Waals surface area contributed by atoms with Crippen LogP contribution < -0.4 is 0 Å². The third-order valence-corrected chi connectivity index (χ3v) is 3.82. The Balaban J connectivity index is 2.36. The van der Waals surface area contributed by atoms with E-state index < -0.39 is 0 Å². The van der Waals surface area contributed by atoms with Crippen LogP contribution in [-0.2, 0) is 12.4 Å². The number of imidazole rings is 1. The predicted octanol–water partition coefficient (Wildman–Crippen LogP) is 3.63. The van der Waals surface area contributed by atoms with Crippen molar-refractivity contribution in [1.82, 2.24) is 14.5 Å². The van der Waals surface area contributed by atoms with Gasteiger partial charge in [-0.2, -0.15) is 0 Å². The maximum atomic E-state index is 13.7. The Morgan fingerprint density at radius 3 is 2.79 bits per heavy atom. The van der Waals surface area contributed by atoms with E-state index >= 15 is 0 Å². The average Bonchev–Trinajstić information content (AvgIpc) is 2.67. The first-order valence-electron chi connectivity index (χ1n) is 6.07. The number of aryl methyl sites for hydroxylation is 1. The van der Waals surface area contributed by atoms with Crippen LogP contribution in [0.25, 0.3) is 11.0 Å². The van der Waals surface area contributed by atoms with Gasteiger partial charge < -0.3 is 9.47 Å². The standard InChI is InChI=1S/C13H16BrClFN3/c1-18(2)4-3-5-19-12-7-10(16)9(14)6-11(12)17-13(19)8-15/h6-7H,3-5,8H2,1-2H3. The van der Waals surface area contributed by atoms with Gasteiger partial charge >= 0.3 is 0 Å². The molecule has 6 heteroatoms. The number of hydrogen-bond donors (Lipinski definition) is 0. The number of halogens is 3. The second-order valence-electron chi connectivity index (χ2n) is 4.73. The highest BCUT2D eigenvalue weighted by Gasteiger charge is 2.12. The average molecular weight is 349 g/mol. The van der Waals surface area contributed by atoms with Crippen LogP contribution in [0.2, 0.25) is 0 Å². The molecule has 1 heterocycles. The fourth-order valence-electron chi connectivity index (χ4n) is 2.07. The highest BCUT2D eigenvalue weighted by Crippen LogP contribution is 2.25. The first-order valence-corrected chi connectivity index (χ1v) is 7.40. The van der Waals surface area contributed by atoms with E-state index in [1.807, 2.05) is 18.7 Å². The molecule has 1 aromatic carbocycles. The molecule has 0 bridgehead atoms. The van der Waals surface area contributed by atoms with Crippen molar-refractivity contribution >= 4 is 38.6 Å². The van der Waals surface area contributed by atoms with E-state index in [0.717, 1.165) is 36.4 Å². The van der Waals surface area contributed by atoms with Gasteiger partial charge in [0.15, 0.2) is 0 Å². The molecular weight excluding hydrogens is 333 g/mol. The summed E-state index contributed by atoms with van der Waals surface area (Å²) in [5, 5.41) is 0. The van der Waals surface area contributed by atoms with E-state index in [1.165, 1.54) is 6.07 Å². The van der Waals surface area contributed by atoms with Crippen LogP contribution in [0.15, 0.2) is 16.6 Å². The lowest BCUT2D eigenvalue weighted by Crippen LogP contribution is -2.15. The second kappa shape index (κ2) is 6.20. The Morgan fingerprint density at radius 1 is 1.42 bits per heavy atom. The Bertz CT molecular complexity index is 583. The first-order chi connectivity index (χ1) is 9.02. The van der Waals surface area contributed by atoms with Gasteiger partial charge in [0.1, 0.15) is 11.6 Å². The van der Waals surface area contributed by atoms with Crippen molar-refractivity contribution in [2.24, 2.45) is 0 Å². The Morgan fingerprint density at radius 2 is 2.16 bits per heavy atom. The summed E-state index contributed by atoms with van der Waals surface area (Å²) >= 11 is 9.11. The van der Waals surface area contributed by atoms with Crippen LogP contribution in [0.1, 0.15) is 12.2 Å². The van der Waals surface area contributed by atoms with Gasteiger partial charge in [-0.25, -0.2) is 9.37 Å². The summed E-state index contributed by atoms with van der Waals surface area (Å²) in [6, 6.07) is 3.21. The van der Waals surface area contributed by atoms with Crippen LogP contribution in [0.5, 0.6) is 0 Å². The molecule has 0 amide bonds. The molecule has 0 aliphatic rings. The van der Waals surface area contributed by atoms with Gasteiger partial charge in [-0.05, 0) is 49.1 Å². The highest BCUT2D eigenvalue weighted by molar-refractivity contribution is 9.10. The zero-order valence-corrected chi connectivity index (χ0v) is 13.3. The zero-order valence-electron chi connectivity index (χ0n) is 11.0. The molecule has 0 fully saturated rings. The number of nitrogens with zero attached hydrogens (tertiary/aromatic N) is 3. The molecule has 104 valence electrons. The molecule has 0 spiro atoms. The maximum absolute atomic E-state index is 13.7. The highest BCUT2D eigenvalue weighted by atomic mass is 79.9. The molecule has 0 atom stereocenters. The molecule has 0 N–H and O–H groups in total. The summed E-state index contributed by atoms with van der Waals surface area (Å²) in [5.74, 6) is 0.839. The minimum absolute atomic E-state index is 0.276. The van der Waals surface area contributed by atoms with Crippen molar-refractivity contribution < 1.29 is 4.39 Å². The largest absolute Gasteiger partial charge is 0.327 e. The van der Waals surface area contributed by atoms with Crippen LogP contribution in [0, 0.1) is 5.82 Å². The lowest BCUT2D eigenvalue weighted by atomic mass is 10.3. The lowest BCUT2D eigenvalue weighted by Gasteiger charge is -2.11. The Hall–Kier alpha value is -0.650. The Labute approximate surface area is 125 Å². The number of fused-ring (bicyclic) bond motifs is 1. The fourth-order valence-corrected chi connectivity index (χ4v) is 2.60. The molecule has 2 aromatic rings. The summed E-state index contributed by atoms with van der Waals surface area (Å²) in [6.07, 6.45) is 0.972. The van der Waals surface area contributed by atoms with E-state index in [0.29, 0.717) is 10.4 Å². The van der Waals surface area contributed by atoms with Crippen LogP contribution in [-0.4, -0.2) is 35.1 Å². The molecule has 0 saturated heterocycles. The lowest BCUT2D eigenvalue weighted by molar-refractivity contribution is 0.386. The number of alkyl halides is 1. The van der Waals surface area contributed by atoms with Crippen molar-refractivity contribution in [3.8, 4) is 0 Å². The zero-order chi connectivity index (χ0) is 14.0. The molecule has 0 radical (unpaired) electrons. The summed E-state index contributed by atoms with van der Waals surface area (Å²) in [7, 11) is 4.07. The molecule has 2 rings (SSSR count). The van der Waals surface area contributed by atoms with E-state index in [4.69, 9.17) is 11.6 Å². The predicted molar refractivity (Wildman–Crippen MR) is 80.1 cm³/mol. The molecule has 0 aliphatic carbocycles. The molecule has 0 saturated carbocycles. The maximum Gasteiger partial charge on any atom is 0.139 e. The topological polar surface area (TPSA) is 21.1 Å². The van der Waals surface area contributed by atoms with Crippen molar-refractivity contribution in [2.45, 2.75) is 18.8 Å². The molecular formula is C13H16BrClFN3. The quantitative estimate of drug-likeness (QED) is 0.769. The van der Waals surface area contributed by atoms with Crippen molar-refractivity contribution in [3.63, 3.8) is 0 Å². The smallest absolute Gasteiger partial charge is 0.139 e. The van der Waals surface area contributed by atoms with Gasteiger partial charge in [0.2, 0.25) is 0 Å². The number of benzene rings is 1. The van der Waals surface area contributed by atoms with Gasteiger partial charge in [0.25, 0.3) is 0 Å². The number of aromatic nitrogens is 2. The van der Waals surface area contributed by atoms with Crippen molar-refractivity contribution in [1.29, 1.82) is 0 Å². The van der Waals surface area contributed by atoms with E-state index in [1.54, 1.807) is 6.07 Å². The first kappa shape index (κ1) is 14.8. The van der Waals surface area contributed by atoms with E-state index in [-0.39, 0.29) is 5.82 Å². The monoisotopic (exact) mass is 347 g/mol. The van der Waals surface area contributed by atoms with E-state index in [9.17, 15) is 4.39 Å². The van der Waals surface area contributed by atoms with Gasteiger partial charge in [0, 0.05) is 12.6 Å². The van der Waals surface area contributed by atoms with E-state index in [2.05, 4.69) is 25.8 Å².